The van der Waals surface area contributed by atoms with Gasteiger partial charge in [-0.05, 0) is 18.4 Å². The molecule has 102 valence electrons. The van der Waals surface area contributed by atoms with Crippen molar-refractivity contribution in [2.45, 2.75) is 26.7 Å². The van der Waals surface area contributed by atoms with Gasteiger partial charge in [-0.3, -0.25) is 4.79 Å². The first-order chi connectivity index (χ1) is 9.60. The third-order valence-electron chi connectivity index (χ3n) is 3.30. The van der Waals surface area contributed by atoms with Crippen LogP contribution in [0.2, 0.25) is 0 Å². The predicted octanol–water partition coefficient (Wildman–Crippen LogP) is 3.70. The van der Waals surface area contributed by atoms with Gasteiger partial charge in [0.2, 0.25) is 4.96 Å². The second-order valence-electron chi connectivity index (χ2n) is 5.06. The van der Waals surface area contributed by atoms with Gasteiger partial charge in [-0.1, -0.05) is 49.4 Å². The molecule has 0 atom stereocenters. The highest BCUT2D eigenvalue weighted by atomic mass is 32.1. The molecule has 0 saturated carbocycles. The lowest BCUT2D eigenvalue weighted by atomic mass is 10.0. The molecule has 0 spiro atoms. The van der Waals surface area contributed by atoms with Gasteiger partial charge in [-0.2, -0.15) is 9.61 Å². The number of rotatable bonds is 3. The minimum Gasteiger partial charge on any atom is -0.296 e. The molecule has 1 aromatic carbocycles. The van der Waals surface area contributed by atoms with Crippen molar-refractivity contribution in [1.82, 2.24) is 14.6 Å². The fraction of sp³-hybridized carbons (Fsp3) is 0.267. The monoisotopic (exact) mass is 285 g/mol. The van der Waals surface area contributed by atoms with E-state index in [9.17, 15) is 4.79 Å². The van der Waals surface area contributed by atoms with Gasteiger partial charge < -0.3 is 0 Å². The van der Waals surface area contributed by atoms with Gasteiger partial charge in [0.1, 0.15) is 16.4 Å². The second-order valence-corrected chi connectivity index (χ2v) is 6.22. The fourth-order valence-electron chi connectivity index (χ4n) is 2.20. The average Bonchev–Trinajstić information content (AvgIpc) is 2.94. The predicted molar refractivity (Wildman–Crippen MR) is 80.5 cm³/mol. The Morgan fingerprint density at radius 1 is 1.25 bits per heavy atom. The maximum absolute atomic E-state index is 11.4. The van der Waals surface area contributed by atoms with E-state index in [1.54, 1.807) is 4.52 Å². The quantitative estimate of drug-likeness (QED) is 0.689. The van der Waals surface area contributed by atoms with E-state index in [1.165, 1.54) is 16.9 Å². The topological polar surface area (TPSA) is 47.3 Å². The molecule has 0 saturated heterocycles. The lowest BCUT2D eigenvalue weighted by molar-refractivity contribution is 0.111. The molecule has 0 aliphatic heterocycles. The number of hydrogen-bond acceptors (Lipinski definition) is 4. The number of nitrogens with zero attached hydrogens (tertiary/aromatic N) is 3. The lowest BCUT2D eigenvalue weighted by Gasteiger charge is -2.05. The standard InChI is InChI=1S/C15H15N3OS/c1-9(2)11-4-6-12(7-5-11)14-13(8-19)18-15(16-14)20-10(3)17-18/h4-9H,1-3H3. The summed E-state index contributed by atoms with van der Waals surface area (Å²) in [6.07, 6.45) is 0.824. The van der Waals surface area contributed by atoms with Crippen LogP contribution in [0, 0.1) is 6.92 Å². The van der Waals surface area contributed by atoms with Gasteiger partial charge in [-0.25, -0.2) is 4.98 Å². The van der Waals surface area contributed by atoms with Crippen LogP contribution < -0.4 is 0 Å². The summed E-state index contributed by atoms with van der Waals surface area (Å²) < 4.78 is 1.62. The molecular weight excluding hydrogens is 270 g/mol. The van der Waals surface area contributed by atoms with Gasteiger partial charge >= 0.3 is 0 Å². The van der Waals surface area contributed by atoms with E-state index in [2.05, 4.69) is 36.1 Å². The number of aromatic nitrogens is 3. The maximum atomic E-state index is 11.4. The van der Waals surface area contributed by atoms with Crippen LogP contribution in [0.1, 0.15) is 40.8 Å². The number of carbonyl (C=O) groups is 1. The SMILES string of the molecule is Cc1nn2c(C=O)c(-c3ccc(C(C)C)cc3)nc2s1. The zero-order valence-electron chi connectivity index (χ0n) is 11.6. The van der Waals surface area contributed by atoms with Gasteiger partial charge in [0, 0.05) is 5.56 Å². The van der Waals surface area contributed by atoms with E-state index in [1.807, 2.05) is 19.1 Å². The summed E-state index contributed by atoms with van der Waals surface area (Å²) in [5.41, 5.74) is 3.44. The number of imidazole rings is 1. The summed E-state index contributed by atoms with van der Waals surface area (Å²) in [6, 6.07) is 8.20. The van der Waals surface area contributed by atoms with E-state index in [-0.39, 0.29) is 0 Å². The van der Waals surface area contributed by atoms with Crippen molar-refractivity contribution in [3.8, 4) is 11.3 Å². The zero-order chi connectivity index (χ0) is 14.3. The molecular formula is C15H15N3OS. The summed E-state index contributed by atoms with van der Waals surface area (Å²) >= 11 is 1.49. The Morgan fingerprint density at radius 3 is 2.55 bits per heavy atom. The Balaban J connectivity index is 2.13. The number of benzene rings is 1. The van der Waals surface area contributed by atoms with Crippen molar-refractivity contribution >= 4 is 22.6 Å². The van der Waals surface area contributed by atoms with Crippen LogP contribution in [0.5, 0.6) is 0 Å². The summed E-state index contributed by atoms with van der Waals surface area (Å²) in [4.78, 5) is 16.7. The molecule has 0 unspecified atom stereocenters. The first kappa shape index (κ1) is 13.0. The van der Waals surface area contributed by atoms with Gasteiger partial charge in [0.15, 0.2) is 6.29 Å². The van der Waals surface area contributed by atoms with Crippen molar-refractivity contribution in [3.63, 3.8) is 0 Å². The largest absolute Gasteiger partial charge is 0.296 e. The molecule has 0 amide bonds. The molecule has 2 aromatic heterocycles. The maximum Gasteiger partial charge on any atom is 0.213 e. The van der Waals surface area contributed by atoms with Crippen molar-refractivity contribution in [1.29, 1.82) is 0 Å². The minimum atomic E-state index is 0.490. The van der Waals surface area contributed by atoms with Crippen LogP contribution in [0.4, 0.5) is 0 Å². The number of carbonyl (C=O) groups excluding carboxylic acids is 1. The highest BCUT2D eigenvalue weighted by Crippen LogP contribution is 2.27. The fourth-order valence-corrected chi connectivity index (χ4v) is 2.95. The molecule has 0 aliphatic carbocycles. The van der Waals surface area contributed by atoms with Crippen LogP contribution in [0.25, 0.3) is 16.2 Å². The minimum absolute atomic E-state index is 0.490. The van der Waals surface area contributed by atoms with E-state index < -0.39 is 0 Å². The van der Waals surface area contributed by atoms with E-state index in [0.29, 0.717) is 17.3 Å². The Labute approximate surface area is 121 Å². The van der Waals surface area contributed by atoms with E-state index in [0.717, 1.165) is 21.8 Å². The molecule has 2 heterocycles. The van der Waals surface area contributed by atoms with Crippen molar-refractivity contribution in [2.75, 3.05) is 0 Å². The molecule has 0 bridgehead atoms. The zero-order valence-corrected chi connectivity index (χ0v) is 12.4. The summed E-state index contributed by atoms with van der Waals surface area (Å²) in [5.74, 6) is 0.490. The molecule has 4 nitrogen and oxygen atoms in total. The summed E-state index contributed by atoms with van der Waals surface area (Å²) in [6.45, 7) is 6.22. The Morgan fingerprint density at radius 2 is 1.95 bits per heavy atom. The van der Waals surface area contributed by atoms with Crippen LogP contribution in [-0.2, 0) is 0 Å². The lowest BCUT2D eigenvalue weighted by Crippen LogP contribution is -1.94. The highest BCUT2D eigenvalue weighted by molar-refractivity contribution is 7.16. The second kappa shape index (κ2) is 4.83. The van der Waals surface area contributed by atoms with Gasteiger partial charge in [-0.15, -0.1) is 0 Å². The third-order valence-corrected chi connectivity index (χ3v) is 4.13. The smallest absolute Gasteiger partial charge is 0.213 e. The van der Waals surface area contributed by atoms with Gasteiger partial charge in [0.25, 0.3) is 0 Å². The normalized spacial score (nSPS) is 11.4. The Kier molecular flexibility index (Phi) is 3.14. The van der Waals surface area contributed by atoms with Crippen LogP contribution in [-0.4, -0.2) is 20.9 Å². The van der Waals surface area contributed by atoms with Crippen molar-refractivity contribution in [3.05, 3.63) is 40.5 Å². The molecule has 0 fully saturated rings. The third kappa shape index (κ3) is 2.04. The molecule has 3 aromatic rings. The molecule has 0 aliphatic rings. The summed E-state index contributed by atoms with van der Waals surface area (Å²) in [7, 11) is 0. The van der Waals surface area contributed by atoms with Crippen molar-refractivity contribution < 1.29 is 4.79 Å². The first-order valence-corrected chi connectivity index (χ1v) is 7.33. The van der Waals surface area contributed by atoms with E-state index in [4.69, 9.17) is 0 Å². The van der Waals surface area contributed by atoms with Crippen LogP contribution >= 0.6 is 11.3 Å². The molecule has 0 N–H and O–H groups in total. The molecule has 5 heteroatoms. The number of aryl methyl sites for hydroxylation is 1. The Hall–Kier alpha value is -2.01. The summed E-state index contributed by atoms with van der Waals surface area (Å²) in [5, 5.41) is 5.22. The Bertz CT molecular complexity index is 768. The average molecular weight is 285 g/mol. The number of aldehydes is 1. The number of fused-ring (bicyclic) bond motifs is 1. The number of hydrogen-bond donors (Lipinski definition) is 0. The molecule has 0 radical (unpaired) electrons. The highest BCUT2D eigenvalue weighted by Gasteiger charge is 2.16. The van der Waals surface area contributed by atoms with E-state index >= 15 is 0 Å². The van der Waals surface area contributed by atoms with Gasteiger partial charge in [0.05, 0.1) is 0 Å². The van der Waals surface area contributed by atoms with Crippen LogP contribution in [0.3, 0.4) is 0 Å². The van der Waals surface area contributed by atoms with Crippen molar-refractivity contribution in [2.24, 2.45) is 0 Å². The molecule has 3 rings (SSSR count). The first-order valence-electron chi connectivity index (χ1n) is 6.52. The van der Waals surface area contributed by atoms with Crippen LogP contribution in [0.15, 0.2) is 24.3 Å². The molecule has 20 heavy (non-hydrogen) atoms.